The van der Waals surface area contributed by atoms with E-state index in [2.05, 4.69) is 17.6 Å². The minimum absolute atomic E-state index is 0.0462. The standard InChI is InChI=1S/C13H17ClN2O2/c1-8-5-6-15-12(8)13(17)16-11-7-9(18-2)3-4-10(11)14/h3-4,7-8,12,15H,5-6H2,1-2H3,(H,16,17). The fourth-order valence-corrected chi connectivity index (χ4v) is 2.29. The van der Waals surface area contributed by atoms with Crippen molar-refractivity contribution in [3.63, 3.8) is 0 Å². The minimum Gasteiger partial charge on any atom is -0.497 e. The maximum absolute atomic E-state index is 12.1. The maximum atomic E-state index is 12.1. The first kappa shape index (κ1) is 13.2. The Morgan fingerprint density at radius 1 is 1.56 bits per heavy atom. The third-order valence-corrected chi connectivity index (χ3v) is 3.58. The Bertz CT molecular complexity index is 451. The molecule has 1 heterocycles. The first-order chi connectivity index (χ1) is 8.61. The van der Waals surface area contributed by atoms with Crippen LogP contribution in [-0.4, -0.2) is 25.6 Å². The highest BCUT2D eigenvalue weighted by molar-refractivity contribution is 6.33. The van der Waals surface area contributed by atoms with E-state index >= 15 is 0 Å². The van der Waals surface area contributed by atoms with Crippen molar-refractivity contribution in [2.75, 3.05) is 19.0 Å². The van der Waals surface area contributed by atoms with Crippen LogP contribution in [0.1, 0.15) is 13.3 Å². The number of benzene rings is 1. The third kappa shape index (κ3) is 2.76. The van der Waals surface area contributed by atoms with Gasteiger partial charge in [-0.1, -0.05) is 18.5 Å². The SMILES string of the molecule is COc1ccc(Cl)c(NC(=O)C2NCCC2C)c1. The fraction of sp³-hybridized carbons (Fsp3) is 0.462. The highest BCUT2D eigenvalue weighted by Crippen LogP contribution is 2.27. The number of ether oxygens (including phenoxy) is 1. The van der Waals surface area contributed by atoms with Crippen LogP contribution in [-0.2, 0) is 4.79 Å². The number of anilines is 1. The molecular weight excluding hydrogens is 252 g/mol. The number of methoxy groups -OCH3 is 1. The summed E-state index contributed by atoms with van der Waals surface area (Å²) >= 11 is 6.05. The largest absolute Gasteiger partial charge is 0.497 e. The Balaban J connectivity index is 2.11. The Morgan fingerprint density at radius 2 is 2.33 bits per heavy atom. The average molecular weight is 269 g/mol. The van der Waals surface area contributed by atoms with Crippen molar-refractivity contribution in [2.24, 2.45) is 5.92 Å². The summed E-state index contributed by atoms with van der Waals surface area (Å²) < 4.78 is 5.11. The number of hydrogen-bond donors (Lipinski definition) is 2. The van der Waals surface area contributed by atoms with E-state index in [1.165, 1.54) is 0 Å². The lowest BCUT2D eigenvalue weighted by Gasteiger charge is -2.16. The van der Waals surface area contributed by atoms with Crippen LogP contribution >= 0.6 is 11.6 Å². The zero-order valence-corrected chi connectivity index (χ0v) is 11.3. The van der Waals surface area contributed by atoms with E-state index in [0.717, 1.165) is 13.0 Å². The predicted octanol–water partition coefficient (Wildman–Crippen LogP) is 2.29. The van der Waals surface area contributed by atoms with E-state index in [-0.39, 0.29) is 11.9 Å². The Labute approximate surface area is 112 Å². The van der Waals surface area contributed by atoms with Crippen LogP contribution in [0, 0.1) is 5.92 Å². The lowest BCUT2D eigenvalue weighted by Crippen LogP contribution is -2.39. The topological polar surface area (TPSA) is 50.4 Å². The number of halogens is 1. The summed E-state index contributed by atoms with van der Waals surface area (Å²) in [6.45, 7) is 2.95. The van der Waals surface area contributed by atoms with E-state index in [9.17, 15) is 4.79 Å². The third-order valence-electron chi connectivity index (χ3n) is 3.25. The number of rotatable bonds is 3. The molecule has 4 nitrogen and oxygen atoms in total. The van der Waals surface area contributed by atoms with Gasteiger partial charge < -0.3 is 15.4 Å². The second kappa shape index (κ2) is 5.59. The van der Waals surface area contributed by atoms with Gasteiger partial charge in [0, 0.05) is 6.07 Å². The molecule has 2 N–H and O–H groups in total. The molecular formula is C13H17ClN2O2. The molecule has 1 aromatic carbocycles. The lowest BCUT2D eigenvalue weighted by atomic mass is 10.0. The normalized spacial score (nSPS) is 22.8. The zero-order chi connectivity index (χ0) is 13.1. The molecule has 18 heavy (non-hydrogen) atoms. The maximum Gasteiger partial charge on any atom is 0.241 e. The molecule has 1 aliphatic rings. The van der Waals surface area contributed by atoms with Crippen LogP contribution in [0.4, 0.5) is 5.69 Å². The minimum atomic E-state index is -0.146. The van der Waals surface area contributed by atoms with E-state index < -0.39 is 0 Å². The van der Waals surface area contributed by atoms with Crippen LogP contribution in [0.2, 0.25) is 5.02 Å². The first-order valence-electron chi connectivity index (χ1n) is 5.99. The molecule has 1 aromatic rings. The van der Waals surface area contributed by atoms with Crippen molar-refractivity contribution in [3.8, 4) is 5.75 Å². The molecule has 0 saturated carbocycles. The van der Waals surface area contributed by atoms with Gasteiger partial charge in [0.2, 0.25) is 5.91 Å². The van der Waals surface area contributed by atoms with Crippen LogP contribution < -0.4 is 15.4 Å². The summed E-state index contributed by atoms with van der Waals surface area (Å²) in [6, 6.07) is 5.04. The average Bonchev–Trinajstić information content (AvgIpc) is 2.78. The molecule has 2 rings (SSSR count). The first-order valence-corrected chi connectivity index (χ1v) is 6.37. The van der Waals surface area contributed by atoms with Gasteiger partial charge in [0.25, 0.3) is 0 Å². The Kier molecular flexibility index (Phi) is 4.09. The number of hydrogen-bond acceptors (Lipinski definition) is 3. The molecule has 0 bridgehead atoms. The Morgan fingerprint density at radius 3 is 2.94 bits per heavy atom. The molecule has 98 valence electrons. The van der Waals surface area contributed by atoms with Crippen molar-refractivity contribution in [1.29, 1.82) is 0 Å². The number of carbonyl (C=O) groups excluding carboxylic acids is 1. The molecule has 2 unspecified atom stereocenters. The van der Waals surface area contributed by atoms with Crippen LogP contribution in [0.3, 0.4) is 0 Å². The second-order valence-electron chi connectivity index (χ2n) is 4.53. The highest BCUT2D eigenvalue weighted by Gasteiger charge is 2.29. The lowest BCUT2D eigenvalue weighted by molar-refractivity contribution is -0.118. The van der Waals surface area contributed by atoms with Gasteiger partial charge in [-0.25, -0.2) is 0 Å². The van der Waals surface area contributed by atoms with Gasteiger partial charge >= 0.3 is 0 Å². The summed E-state index contributed by atoms with van der Waals surface area (Å²) in [4.78, 5) is 12.1. The van der Waals surface area contributed by atoms with Crippen LogP contribution in [0.5, 0.6) is 5.75 Å². The van der Waals surface area contributed by atoms with Gasteiger partial charge in [-0.3, -0.25) is 4.79 Å². The number of carbonyl (C=O) groups is 1. The van der Waals surface area contributed by atoms with Crippen molar-refractivity contribution >= 4 is 23.2 Å². The monoisotopic (exact) mass is 268 g/mol. The van der Waals surface area contributed by atoms with Gasteiger partial charge in [0.1, 0.15) is 5.75 Å². The van der Waals surface area contributed by atoms with Gasteiger partial charge in [0.05, 0.1) is 23.9 Å². The Hall–Kier alpha value is -1.26. The van der Waals surface area contributed by atoms with Crippen molar-refractivity contribution in [1.82, 2.24) is 5.32 Å². The molecule has 0 radical (unpaired) electrons. The molecule has 1 amide bonds. The predicted molar refractivity (Wildman–Crippen MR) is 72.2 cm³/mol. The van der Waals surface area contributed by atoms with Crippen molar-refractivity contribution in [3.05, 3.63) is 23.2 Å². The van der Waals surface area contributed by atoms with Crippen molar-refractivity contribution in [2.45, 2.75) is 19.4 Å². The quantitative estimate of drug-likeness (QED) is 0.884. The van der Waals surface area contributed by atoms with E-state index in [0.29, 0.717) is 22.4 Å². The van der Waals surface area contributed by atoms with E-state index in [1.54, 1.807) is 25.3 Å². The number of amides is 1. The molecule has 1 fully saturated rings. The van der Waals surface area contributed by atoms with Crippen molar-refractivity contribution < 1.29 is 9.53 Å². The van der Waals surface area contributed by atoms with Gasteiger partial charge in [-0.15, -0.1) is 0 Å². The summed E-state index contributed by atoms with van der Waals surface area (Å²) in [7, 11) is 1.58. The molecule has 0 aromatic heterocycles. The second-order valence-corrected chi connectivity index (χ2v) is 4.94. The molecule has 1 aliphatic heterocycles. The summed E-state index contributed by atoms with van der Waals surface area (Å²) in [5.41, 5.74) is 0.585. The van der Waals surface area contributed by atoms with Gasteiger partial charge in [-0.2, -0.15) is 0 Å². The van der Waals surface area contributed by atoms with E-state index in [1.807, 2.05) is 0 Å². The summed E-state index contributed by atoms with van der Waals surface area (Å²) in [5.74, 6) is 0.965. The van der Waals surface area contributed by atoms with Crippen LogP contribution in [0.15, 0.2) is 18.2 Å². The molecule has 0 aliphatic carbocycles. The smallest absolute Gasteiger partial charge is 0.241 e. The zero-order valence-electron chi connectivity index (χ0n) is 10.5. The van der Waals surface area contributed by atoms with Gasteiger partial charge in [-0.05, 0) is 31.0 Å². The van der Waals surface area contributed by atoms with Crippen LogP contribution in [0.25, 0.3) is 0 Å². The molecule has 2 atom stereocenters. The van der Waals surface area contributed by atoms with Gasteiger partial charge in [0.15, 0.2) is 0 Å². The molecule has 1 saturated heterocycles. The fourth-order valence-electron chi connectivity index (χ4n) is 2.12. The highest BCUT2D eigenvalue weighted by atomic mass is 35.5. The summed E-state index contributed by atoms with van der Waals surface area (Å²) in [6.07, 6.45) is 1.02. The molecule has 0 spiro atoms. The number of nitrogens with one attached hydrogen (secondary N) is 2. The van der Waals surface area contributed by atoms with E-state index in [4.69, 9.17) is 16.3 Å². The summed E-state index contributed by atoms with van der Waals surface area (Å²) in [5, 5.41) is 6.54. The molecule has 5 heteroatoms.